The molecule has 0 aliphatic carbocycles. The lowest BCUT2D eigenvalue weighted by Gasteiger charge is -2.32. The number of piperidine rings is 1. The van der Waals surface area contributed by atoms with Crippen molar-refractivity contribution >= 4 is 11.6 Å². The van der Waals surface area contributed by atoms with Gasteiger partial charge in [-0.1, -0.05) is 19.1 Å². The molecule has 18 heavy (non-hydrogen) atoms. The van der Waals surface area contributed by atoms with Gasteiger partial charge in [0.1, 0.15) is 0 Å². The van der Waals surface area contributed by atoms with Crippen molar-refractivity contribution in [1.82, 2.24) is 0 Å². The van der Waals surface area contributed by atoms with E-state index in [1.54, 1.807) is 0 Å². The minimum Gasteiger partial charge on any atom is -0.372 e. The molecule has 0 atom stereocenters. The number of guanidine groups is 1. The highest BCUT2D eigenvalue weighted by Gasteiger charge is 2.15. The van der Waals surface area contributed by atoms with Crippen LogP contribution in [0.1, 0.15) is 25.3 Å². The van der Waals surface area contributed by atoms with Crippen LogP contribution in [0.25, 0.3) is 0 Å². The van der Waals surface area contributed by atoms with Gasteiger partial charge in [-0.15, -0.1) is 0 Å². The van der Waals surface area contributed by atoms with E-state index >= 15 is 0 Å². The van der Waals surface area contributed by atoms with Crippen molar-refractivity contribution in [2.45, 2.75) is 26.3 Å². The summed E-state index contributed by atoms with van der Waals surface area (Å²) in [5.74, 6) is 0.998. The van der Waals surface area contributed by atoms with Crippen molar-refractivity contribution in [2.75, 3.05) is 18.0 Å². The van der Waals surface area contributed by atoms with Gasteiger partial charge >= 0.3 is 0 Å². The van der Waals surface area contributed by atoms with Crippen molar-refractivity contribution in [1.29, 1.82) is 0 Å². The van der Waals surface area contributed by atoms with Gasteiger partial charge in [0, 0.05) is 18.8 Å². The Morgan fingerprint density at radius 1 is 1.33 bits per heavy atom. The van der Waals surface area contributed by atoms with Crippen LogP contribution in [0.5, 0.6) is 0 Å². The normalized spacial score (nSPS) is 16.6. The second-order valence-electron chi connectivity index (χ2n) is 5.08. The summed E-state index contributed by atoms with van der Waals surface area (Å²) in [5, 5.41) is 0. The standard InChI is InChI=1S/C14H22N4/c1-11-5-7-18(8-6-11)13-4-2-3-12(9-13)10-17-14(15)16/h2-4,9,11H,5-8,10H2,1H3,(H4,15,16,17). The summed E-state index contributed by atoms with van der Waals surface area (Å²) < 4.78 is 0. The topological polar surface area (TPSA) is 67.6 Å². The summed E-state index contributed by atoms with van der Waals surface area (Å²) in [4.78, 5) is 6.49. The van der Waals surface area contributed by atoms with Gasteiger partial charge in [-0.05, 0) is 36.5 Å². The molecule has 1 aliphatic heterocycles. The predicted molar refractivity (Wildman–Crippen MR) is 76.6 cm³/mol. The molecule has 4 nitrogen and oxygen atoms in total. The van der Waals surface area contributed by atoms with Gasteiger partial charge in [-0.3, -0.25) is 0 Å². The molecule has 4 heteroatoms. The molecule has 2 rings (SSSR count). The molecule has 0 spiro atoms. The second kappa shape index (κ2) is 5.76. The minimum absolute atomic E-state index is 0.146. The Kier molecular flexibility index (Phi) is 4.07. The number of hydrogen-bond acceptors (Lipinski definition) is 2. The van der Waals surface area contributed by atoms with Crippen LogP contribution in [0, 0.1) is 5.92 Å². The zero-order chi connectivity index (χ0) is 13.0. The maximum Gasteiger partial charge on any atom is 0.186 e. The molecule has 0 saturated carbocycles. The fourth-order valence-corrected chi connectivity index (χ4v) is 2.30. The van der Waals surface area contributed by atoms with E-state index in [0.29, 0.717) is 6.54 Å². The zero-order valence-corrected chi connectivity index (χ0v) is 11.0. The van der Waals surface area contributed by atoms with Crippen molar-refractivity contribution in [3.63, 3.8) is 0 Å². The maximum absolute atomic E-state index is 5.35. The van der Waals surface area contributed by atoms with Gasteiger partial charge in [0.05, 0.1) is 6.54 Å². The third kappa shape index (κ3) is 3.39. The second-order valence-corrected chi connectivity index (χ2v) is 5.08. The van der Waals surface area contributed by atoms with E-state index in [1.165, 1.54) is 18.5 Å². The highest BCUT2D eigenvalue weighted by atomic mass is 15.1. The third-order valence-corrected chi connectivity index (χ3v) is 3.50. The molecular formula is C14H22N4. The molecule has 1 heterocycles. The van der Waals surface area contributed by atoms with E-state index in [4.69, 9.17) is 11.5 Å². The van der Waals surface area contributed by atoms with Crippen LogP contribution >= 0.6 is 0 Å². The van der Waals surface area contributed by atoms with Crippen molar-refractivity contribution in [2.24, 2.45) is 22.4 Å². The van der Waals surface area contributed by atoms with Gasteiger partial charge in [0.25, 0.3) is 0 Å². The number of aliphatic imine (C=N–C) groups is 1. The maximum atomic E-state index is 5.35. The summed E-state index contributed by atoms with van der Waals surface area (Å²) in [6.45, 7) is 5.17. The molecule has 0 unspecified atom stereocenters. The number of benzene rings is 1. The van der Waals surface area contributed by atoms with Gasteiger partial charge in [-0.2, -0.15) is 0 Å². The molecule has 4 N–H and O–H groups in total. The van der Waals surface area contributed by atoms with E-state index < -0.39 is 0 Å². The number of rotatable bonds is 3. The van der Waals surface area contributed by atoms with E-state index in [-0.39, 0.29) is 5.96 Å². The summed E-state index contributed by atoms with van der Waals surface area (Å²) in [5.41, 5.74) is 13.1. The Morgan fingerprint density at radius 3 is 2.72 bits per heavy atom. The van der Waals surface area contributed by atoms with Crippen LogP contribution in [0.2, 0.25) is 0 Å². The van der Waals surface area contributed by atoms with Crippen molar-refractivity contribution in [3.05, 3.63) is 29.8 Å². The van der Waals surface area contributed by atoms with Crippen molar-refractivity contribution < 1.29 is 0 Å². The molecule has 0 radical (unpaired) electrons. The summed E-state index contributed by atoms with van der Waals surface area (Å²) >= 11 is 0. The van der Waals surface area contributed by atoms with Gasteiger partial charge in [0.2, 0.25) is 0 Å². The molecule has 98 valence electrons. The number of nitrogens with zero attached hydrogens (tertiary/aromatic N) is 2. The Hall–Kier alpha value is -1.71. The predicted octanol–water partition coefficient (Wildman–Crippen LogP) is 1.70. The Morgan fingerprint density at radius 2 is 2.06 bits per heavy atom. The summed E-state index contributed by atoms with van der Waals surface area (Å²) in [6.07, 6.45) is 2.55. The number of hydrogen-bond donors (Lipinski definition) is 2. The van der Waals surface area contributed by atoms with Crippen molar-refractivity contribution in [3.8, 4) is 0 Å². The smallest absolute Gasteiger partial charge is 0.186 e. The molecule has 1 saturated heterocycles. The lowest BCUT2D eigenvalue weighted by molar-refractivity contribution is 0.438. The SMILES string of the molecule is CC1CCN(c2cccc(CN=C(N)N)c2)CC1. The number of anilines is 1. The van der Waals surface area contributed by atoms with Crippen LogP contribution in [0.3, 0.4) is 0 Å². The van der Waals surface area contributed by atoms with Crippen LogP contribution < -0.4 is 16.4 Å². The molecular weight excluding hydrogens is 224 g/mol. The van der Waals surface area contributed by atoms with E-state index in [9.17, 15) is 0 Å². The Labute approximate surface area is 109 Å². The zero-order valence-electron chi connectivity index (χ0n) is 11.0. The molecule has 0 bridgehead atoms. The van der Waals surface area contributed by atoms with E-state index in [2.05, 4.69) is 41.1 Å². The van der Waals surface area contributed by atoms with E-state index in [1.807, 2.05) is 0 Å². The molecule has 1 aromatic rings. The molecule has 1 aromatic carbocycles. The van der Waals surface area contributed by atoms with Gasteiger partial charge in [-0.25, -0.2) is 4.99 Å². The molecule has 1 aliphatic rings. The van der Waals surface area contributed by atoms with Crippen LogP contribution in [0.15, 0.2) is 29.3 Å². The Balaban J connectivity index is 2.05. The fourth-order valence-electron chi connectivity index (χ4n) is 2.30. The first-order chi connectivity index (χ1) is 8.65. The first-order valence-corrected chi connectivity index (χ1v) is 6.54. The van der Waals surface area contributed by atoms with E-state index in [0.717, 1.165) is 24.6 Å². The number of nitrogens with two attached hydrogens (primary N) is 2. The summed E-state index contributed by atoms with van der Waals surface area (Å²) in [7, 11) is 0. The van der Waals surface area contributed by atoms with Crippen LogP contribution in [-0.2, 0) is 6.54 Å². The monoisotopic (exact) mass is 246 g/mol. The quantitative estimate of drug-likeness (QED) is 0.630. The Bertz CT molecular complexity index is 416. The first-order valence-electron chi connectivity index (χ1n) is 6.54. The lowest BCUT2D eigenvalue weighted by atomic mass is 9.98. The molecule has 1 fully saturated rings. The highest BCUT2D eigenvalue weighted by molar-refractivity contribution is 5.75. The third-order valence-electron chi connectivity index (χ3n) is 3.50. The average molecular weight is 246 g/mol. The summed E-state index contributed by atoms with van der Waals surface area (Å²) in [6, 6.07) is 8.48. The largest absolute Gasteiger partial charge is 0.372 e. The fraction of sp³-hybridized carbons (Fsp3) is 0.500. The lowest BCUT2D eigenvalue weighted by Crippen LogP contribution is -2.32. The molecule has 0 amide bonds. The van der Waals surface area contributed by atoms with Crippen LogP contribution in [-0.4, -0.2) is 19.0 Å². The minimum atomic E-state index is 0.146. The first kappa shape index (κ1) is 12.7. The molecule has 0 aromatic heterocycles. The van der Waals surface area contributed by atoms with Crippen LogP contribution in [0.4, 0.5) is 5.69 Å². The highest BCUT2D eigenvalue weighted by Crippen LogP contribution is 2.23. The van der Waals surface area contributed by atoms with Gasteiger partial charge in [0.15, 0.2) is 5.96 Å². The van der Waals surface area contributed by atoms with Gasteiger partial charge < -0.3 is 16.4 Å². The average Bonchev–Trinajstić information content (AvgIpc) is 2.37.